The van der Waals surface area contributed by atoms with Gasteiger partial charge in [-0.05, 0) is 20.8 Å². The quantitative estimate of drug-likeness (QED) is 0.635. The fraction of sp³-hybridized carbons (Fsp3) is 0.818. The molecule has 6 nitrogen and oxygen atoms in total. The highest BCUT2D eigenvalue weighted by Crippen LogP contribution is 2.21. The summed E-state index contributed by atoms with van der Waals surface area (Å²) in [6, 6.07) is -0.493. The van der Waals surface area contributed by atoms with Crippen LogP contribution in [-0.4, -0.2) is 53.2 Å². The molecule has 1 unspecified atom stereocenters. The molecule has 1 aliphatic rings. The number of likely N-dealkylation sites (tertiary alicyclic amines) is 1. The van der Waals surface area contributed by atoms with Crippen LogP contribution in [-0.2, 0) is 4.79 Å². The molecular formula is C11H21N3O3. The van der Waals surface area contributed by atoms with Crippen LogP contribution in [0.15, 0.2) is 0 Å². The van der Waals surface area contributed by atoms with Gasteiger partial charge in [-0.15, -0.1) is 0 Å². The van der Waals surface area contributed by atoms with Gasteiger partial charge in [-0.25, -0.2) is 4.79 Å². The van der Waals surface area contributed by atoms with Crippen LogP contribution in [0.5, 0.6) is 0 Å². The van der Waals surface area contributed by atoms with Crippen LogP contribution < -0.4 is 10.6 Å². The minimum atomic E-state index is -0.340. The van der Waals surface area contributed by atoms with E-state index in [-0.39, 0.29) is 36.7 Å². The lowest BCUT2D eigenvalue weighted by molar-refractivity contribution is -0.131. The number of carbonyl (C=O) groups is 2. The molecule has 1 aliphatic heterocycles. The van der Waals surface area contributed by atoms with Gasteiger partial charge < -0.3 is 20.6 Å². The van der Waals surface area contributed by atoms with Crippen LogP contribution in [0.2, 0.25) is 0 Å². The molecule has 1 atom stereocenters. The highest BCUT2D eigenvalue weighted by molar-refractivity contribution is 5.82. The molecule has 17 heavy (non-hydrogen) atoms. The zero-order valence-corrected chi connectivity index (χ0v) is 10.6. The summed E-state index contributed by atoms with van der Waals surface area (Å²) in [4.78, 5) is 24.9. The van der Waals surface area contributed by atoms with Crippen LogP contribution in [0.4, 0.5) is 4.79 Å². The lowest BCUT2D eigenvalue weighted by atomic mass is 10.1. The fourth-order valence-corrected chi connectivity index (χ4v) is 1.86. The first kappa shape index (κ1) is 13.8. The predicted molar refractivity (Wildman–Crippen MR) is 63.5 cm³/mol. The Morgan fingerprint density at radius 2 is 2.18 bits per heavy atom. The minimum absolute atomic E-state index is 0.0601. The third-order valence-corrected chi connectivity index (χ3v) is 2.67. The van der Waals surface area contributed by atoms with E-state index in [1.165, 1.54) is 0 Å². The maximum absolute atomic E-state index is 11.7. The fourth-order valence-electron chi connectivity index (χ4n) is 1.86. The van der Waals surface area contributed by atoms with Gasteiger partial charge in [-0.3, -0.25) is 4.79 Å². The molecule has 0 spiro atoms. The van der Waals surface area contributed by atoms with Gasteiger partial charge in [0.15, 0.2) is 0 Å². The van der Waals surface area contributed by atoms with Gasteiger partial charge in [0.2, 0.25) is 5.91 Å². The van der Waals surface area contributed by atoms with E-state index in [0.717, 1.165) is 0 Å². The van der Waals surface area contributed by atoms with Gasteiger partial charge in [0.25, 0.3) is 0 Å². The summed E-state index contributed by atoms with van der Waals surface area (Å²) in [7, 11) is 0. The predicted octanol–water partition coefficient (Wildman–Crippen LogP) is -0.323. The number of nitrogens with one attached hydrogen (secondary N) is 2. The number of hydrogen-bond donors (Lipinski definition) is 3. The molecule has 98 valence electrons. The number of nitrogens with zero attached hydrogens (tertiary/aromatic N) is 1. The Morgan fingerprint density at radius 3 is 2.65 bits per heavy atom. The zero-order chi connectivity index (χ0) is 13.1. The SMILES string of the molecule is CC(C)(C)N1CC(NC(=O)NCCO)CC1=O. The number of amides is 3. The molecule has 0 aromatic heterocycles. The summed E-state index contributed by atoms with van der Waals surface area (Å²) in [6.45, 7) is 6.58. The summed E-state index contributed by atoms with van der Waals surface area (Å²) in [5.74, 6) is 0.0601. The Kier molecular flexibility index (Phi) is 4.34. The van der Waals surface area contributed by atoms with E-state index < -0.39 is 0 Å². The number of urea groups is 1. The van der Waals surface area contributed by atoms with Crippen molar-refractivity contribution in [1.29, 1.82) is 0 Å². The van der Waals surface area contributed by atoms with Gasteiger partial charge in [-0.1, -0.05) is 0 Å². The van der Waals surface area contributed by atoms with Gasteiger partial charge in [0.1, 0.15) is 0 Å². The van der Waals surface area contributed by atoms with Crippen LogP contribution in [0, 0.1) is 0 Å². The van der Waals surface area contributed by atoms with E-state index >= 15 is 0 Å². The molecule has 0 aliphatic carbocycles. The second-order valence-electron chi connectivity index (χ2n) is 5.20. The van der Waals surface area contributed by atoms with Crippen LogP contribution >= 0.6 is 0 Å². The molecule has 0 saturated carbocycles. The van der Waals surface area contributed by atoms with E-state index in [9.17, 15) is 9.59 Å². The van der Waals surface area contributed by atoms with E-state index in [1.54, 1.807) is 4.90 Å². The van der Waals surface area contributed by atoms with Crippen molar-refractivity contribution < 1.29 is 14.7 Å². The first-order chi connectivity index (χ1) is 7.84. The lowest BCUT2D eigenvalue weighted by Crippen LogP contribution is -2.46. The third-order valence-electron chi connectivity index (χ3n) is 2.67. The molecule has 1 fully saturated rings. The Hall–Kier alpha value is -1.30. The topological polar surface area (TPSA) is 81.7 Å². The van der Waals surface area contributed by atoms with Crippen molar-refractivity contribution in [2.24, 2.45) is 0 Å². The van der Waals surface area contributed by atoms with Crippen molar-refractivity contribution in [3.63, 3.8) is 0 Å². The van der Waals surface area contributed by atoms with E-state index in [1.807, 2.05) is 20.8 Å². The average Bonchev–Trinajstić information content (AvgIpc) is 2.56. The first-order valence-corrected chi connectivity index (χ1v) is 5.80. The summed E-state index contributed by atoms with van der Waals surface area (Å²) in [6.07, 6.45) is 0.337. The molecule has 0 bridgehead atoms. The zero-order valence-electron chi connectivity index (χ0n) is 10.6. The molecule has 6 heteroatoms. The lowest BCUT2D eigenvalue weighted by Gasteiger charge is -2.32. The average molecular weight is 243 g/mol. The maximum atomic E-state index is 11.7. The molecule has 3 amide bonds. The highest BCUT2D eigenvalue weighted by Gasteiger charge is 2.36. The Labute approximate surface area is 101 Å². The molecule has 1 heterocycles. The van der Waals surface area contributed by atoms with Crippen LogP contribution in [0.25, 0.3) is 0 Å². The van der Waals surface area contributed by atoms with E-state index in [0.29, 0.717) is 13.0 Å². The second-order valence-corrected chi connectivity index (χ2v) is 5.20. The highest BCUT2D eigenvalue weighted by atomic mass is 16.3. The largest absolute Gasteiger partial charge is 0.395 e. The minimum Gasteiger partial charge on any atom is -0.395 e. The standard InChI is InChI=1S/C11H21N3O3/c1-11(2,3)14-7-8(6-9(14)16)13-10(17)12-4-5-15/h8,15H,4-7H2,1-3H3,(H2,12,13,17). The van der Waals surface area contributed by atoms with Crippen molar-refractivity contribution in [1.82, 2.24) is 15.5 Å². The summed E-state index contributed by atoms with van der Waals surface area (Å²) in [5, 5.41) is 13.8. The number of hydrogen-bond acceptors (Lipinski definition) is 3. The summed E-state index contributed by atoms with van der Waals surface area (Å²) in [5.41, 5.74) is -0.213. The molecular weight excluding hydrogens is 222 g/mol. The van der Waals surface area contributed by atoms with E-state index in [2.05, 4.69) is 10.6 Å². The normalized spacial score (nSPS) is 20.6. The van der Waals surface area contributed by atoms with Crippen LogP contribution in [0.3, 0.4) is 0 Å². The van der Waals surface area contributed by atoms with E-state index in [4.69, 9.17) is 5.11 Å². The Morgan fingerprint density at radius 1 is 1.53 bits per heavy atom. The molecule has 0 aromatic carbocycles. The molecule has 3 N–H and O–H groups in total. The van der Waals surface area contributed by atoms with Gasteiger partial charge in [0.05, 0.1) is 12.6 Å². The number of aliphatic hydroxyl groups excluding tert-OH is 1. The number of aliphatic hydroxyl groups is 1. The molecule has 0 radical (unpaired) electrons. The third kappa shape index (κ3) is 3.89. The molecule has 1 saturated heterocycles. The Bertz CT molecular complexity index is 299. The summed E-state index contributed by atoms with van der Waals surface area (Å²) < 4.78 is 0. The molecule has 0 aromatic rings. The van der Waals surface area contributed by atoms with Crippen molar-refractivity contribution in [2.45, 2.75) is 38.8 Å². The van der Waals surface area contributed by atoms with Gasteiger partial charge >= 0.3 is 6.03 Å². The molecule has 1 rings (SSSR count). The smallest absolute Gasteiger partial charge is 0.315 e. The van der Waals surface area contributed by atoms with Crippen molar-refractivity contribution in [3.8, 4) is 0 Å². The Balaban J connectivity index is 2.44. The van der Waals surface area contributed by atoms with Crippen molar-refractivity contribution >= 4 is 11.9 Å². The first-order valence-electron chi connectivity index (χ1n) is 5.80. The summed E-state index contributed by atoms with van der Waals surface area (Å²) >= 11 is 0. The second kappa shape index (κ2) is 5.35. The van der Waals surface area contributed by atoms with Crippen molar-refractivity contribution in [2.75, 3.05) is 19.7 Å². The monoisotopic (exact) mass is 243 g/mol. The number of rotatable bonds is 3. The number of carbonyl (C=O) groups excluding carboxylic acids is 2. The van der Waals surface area contributed by atoms with Crippen molar-refractivity contribution in [3.05, 3.63) is 0 Å². The van der Waals surface area contributed by atoms with Crippen LogP contribution in [0.1, 0.15) is 27.2 Å². The van der Waals surface area contributed by atoms with Gasteiger partial charge in [0, 0.05) is 25.0 Å². The van der Waals surface area contributed by atoms with Gasteiger partial charge in [-0.2, -0.15) is 0 Å². The maximum Gasteiger partial charge on any atom is 0.315 e.